The fourth-order valence-electron chi connectivity index (χ4n) is 4.97. The predicted octanol–water partition coefficient (Wildman–Crippen LogP) is 3.61. The molecule has 4 heterocycles. The van der Waals surface area contributed by atoms with Gasteiger partial charge in [-0.1, -0.05) is 6.07 Å². The van der Waals surface area contributed by atoms with E-state index in [1.807, 2.05) is 12.4 Å². The lowest BCUT2D eigenvalue weighted by molar-refractivity contribution is 0.0336. The number of fused-ring (bicyclic) bond motifs is 1. The van der Waals surface area contributed by atoms with Crippen LogP contribution in [0.15, 0.2) is 36.7 Å². The average molecular weight is 506 g/mol. The van der Waals surface area contributed by atoms with Crippen molar-refractivity contribution in [2.45, 2.75) is 50.8 Å². The number of aliphatic hydroxyl groups is 1. The summed E-state index contributed by atoms with van der Waals surface area (Å²) >= 11 is 1.71. The summed E-state index contributed by atoms with van der Waals surface area (Å²) in [6, 6.07) is 8.75. The molecule has 0 atom stereocenters. The molecule has 3 N–H and O–H groups in total. The number of aliphatic hydroxyl groups excluding tert-OH is 1. The minimum atomic E-state index is -0.180. The van der Waals surface area contributed by atoms with Crippen molar-refractivity contribution in [1.82, 2.24) is 30.0 Å². The Kier molecular flexibility index (Phi) is 6.91. The summed E-state index contributed by atoms with van der Waals surface area (Å²) in [5.74, 6) is 0.681. The van der Waals surface area contributed by atoms with Gasteiger partial charge in [0, 0.05) is 43.9 Å². The number of ether oxygens (including phenoxy) is 1. The molecule has 9 nitrogen and oxygen atoms in total. The third-order valence-corrected chi connectivity index (χ3v) is 7.97. The number of hydrogen-bond donors (Lipinski definition) is 3. The molecule has 0 radical (unpaired) electrons. The van der Waals surface area contributed by atoms with Gasteiger partial charge in [0.15, 0.2) is 0 Å². The van der Waals surface area contributed by atoms with E-state index >= 15 is 0 Å². The molecule has 4 aromatic rings. The molecular formula is C26H31N7O2S. The highest BCUT2D eigenvalue weighted by Gasteiger charge is 2.21. The van der Waals surface area contributed by atoms with Crippen molar-refractivity contribution in [3.8, 4) is 11.1 Å². The molecule has 6 rings (SSSR count). The number of hydrogen-bond acceptors (Lipinski definition) is 9. The Labute approximate surface area is 214 Å². The third kappa shape index (κ3) is 5.57. The third-order valence-electron chi connectivity index (χ3n) is 6.95. The summed E-state index contributed by atoms with van der Waals surface area (Å²) in [7, 11) is 0. The average Bonchev–Trinajstić information content (AvgIpc) is 3.55. The molecule has 2 aliphatic rings. The number of aromatic nitrogens is 5. The van der Waals surface area contributed by atoms with Gasteiger partial charge in [-0.2, -0.15) is 5.10 Å². The zero-order chi connectivity index (χ0) is 24.3. The zero-order valence-corrected chi connectivity index (χ0v) is 21.0. The number of thiazole rings is 1. The second kappa shape index (κ2) is 10.6. The van der Waals surface area contributed by atoms with Gasteiger partial charge in [-0.3, -0.25) is 10.00 Å². The van der Waals surface area contributed by atoms with Crippen LogP contribution >= 0.6 is 11.3 Å². The van der Waals surface area contributed by atoms with E-state index in [2.05, 4.69) is 44.7 Å². The summed E-state index contributed by atoms with van der Waals surface area (Å²) in [5.41, 5.74) is 5.19. The fourth-order valence-corrected chi connectivity index (χ4v) is 5.99. The van der Waals surface area contributed by atoms with Crippen LogP contribution < -0.4 is 5.32 Å². The molecule has 10 heteroatoms. The van der Waals surface area contributed by atoms with E-state index in [0.717, 1.165) is 96.3 Å². The SMILES string of the molecule is OC1CCC(Nc2nc(Cc3nc4ccc(-c5cn[nH]c5)cc4s3)cc(CN3CCOCC3)n2)CC1. The van der Waals surface area contributed by atoms with Gasteiger partial charge in [0.1, 0.15) is 0 Å². The Morgan fingerprint density at radius 3 is 2.67 bits per heavy atom. The zero-order valence-electron chi connectivity index (χ0n) is 20.2. The first-order valence-electron chi connectivity index (χ1n) is 12.7. The van der Waals surface area contributed by atoms with Gasteiger partial charge in [0.25, 0.3) is 0 Å². The standard InChI is InChI=1S/C26H31N7O2S/c34-22-4-2-19(3-5-22)29-26-30-20(12-21(31-26)16-33-7-9-35-10-8-33)13-25-32-23-6-1-17(11-24(23)36-25)18-14-27-28-15-18/h1,6,11-12,14-15,19,22,34H,2-5,7-10,13,16H2,(H,27,28)(H,29,30,31). The number of nitrogens with zero attached hydrogens (tertiary/aromatic N) is 5. The van der Waals surface area contributed by atoms with Crippen molar-refractivity contribution in [3.05, 3.63) is 53.1 Å². The fraction of sp³-hybridized carbons (Fsp3) is 0.462. The molecule has 3 aromatic heterocycles. The maximum Gasteiger partial charge on any atom is 0.223 e. The lowest BCUT2D eigenvalue weighted by Crippen LogP contribution is -2.36. The molecule has 188 valence electrons. The second-order valence-electron chi connectivity index (χ2n) is 9.67. The molecule has 0 unspecified atom stereocenters. The van der Waals surface area contributed by atoms with Crippen LogP contribution in [-0.2, 0) is 17.7 Å². The van der Waals surface area contributed by atoms with Gasteiger partial charge in [-0.15, -0.1) is 11.3 Å². The minimum absolute atomic E-state index is 0.180. The van der Waals surface area contributed by atoms with Crippen molar-refractivity contribution >= 4 is 27.5 Å². The number of aromatic amines is 1. The Morgan fingerprint density at radius 1 is 1.03 bits per heavy atom. The summed E-state index contributed by atoms with van der Waals surface area (Å²) in [5, 5.41) is 21.4. The van der Waals surface area contributed by atoms with E-state index < -0.39 is 0 Å². The summed E-state index contributed by atoms with van der Waals surface area (Å²) < 4.78 is 6.67. The summed E-state index contributed by atoms with van der Waals surface area (Å²) in [4.78, 5) is 17.0. The highest BCUT2D eigenvalue weighted by atomic mass is 32.1. The van der Waals surface area contributed by atoms with Crippen LogP contribution in [0.4, 0.5) is 5.95 Å². The van der Waals surface area contributed by atoms with Crippen LogP contribution in [-0.4, -0.2) is 73.6 Å². The van der Waals surface area contributed by atoms with Gasteiger partial charge in [-0.05, 0) is 49.4 Å². The number of morpholine rings is 1. The minimum Gasteiger partial charge on any atom is -0.393 e. The van der Waals surface area contributed by atoms with Crippen molar-refractivity contribution < 1.29 is 9.84 Å². The normalized spacial score (nSPS) is 21.1. The molecule has 1 aromatic carbocycles. The van der Waals surface area contributed by atoms with E-state index in [1.165, 1.54) is 0 Å². The van der Waals surface area contributed by atoms with Crippen LogP contribution in [0.1, 0.15) is 42.1 Å². The molecule has 36 heavy (non-hydrogen) atoms. The largest absolute Gasteiger partial charge is 0.393 e. The highest BCUT2D eigenvalue weighted by molar-refractivity contribution is 7.18. The molecule has 1 saturated heterocycles. The summed E-state index contributed by atoms with van der Waals surface area (Å²) in [6.07, 6.45) is 7.74. The van der Waals surface area contributed by atoms with Gasteiger partial charge in [-0.25, -0.2) is 15.0 Å². The number of H-pyrrole nitrogens is 1. The highest BCUT2D eigenvalue weighted by Crippen LogP contribution is 2.29. The molecule has 0 bridgehead atoms. The maximum atomic E-state index is 9.87. The lowest BCUT2D eigenvalue weighted by atomic mass is 9.93. The molecule has 1 saturated carbocycles. The van der Waals surface area contributed by atoms with E-state index in [0.29, 0.717) is 18.4 Å². The molecule has 0 spiro atoms. The van der Waals surface area contributed by atoms with Crippen LogP contribution in [0, 0.1) is 0 Å². The number of rotatable bonds is 7. The van der Waals surface area contributed by atoms with Gasteiger partial charge in [0.05, 0.1) is 52.1 Å². The maximum absolute atomic E-state index is 9.87. The van der Waals surface area contributed by atoms with E-state index in [4.69, 9.17) is 19.7 Å². The van der Waals surface area contributed by atoms with Crippen molar-refractivity contribution in [1.29, 1.82) is 0 Å². The Morgan fingerprint density at radius 2 is 1.86 bits per heavy atom. The number of benzene rings is 1. The topological polar surface area (TPSA) is 112 Å². The van der Waals surface area contributed by atoms with Gasteiger partial charge >= 0.3 is 0 Å². The first-order valence-corrected chi connectivity index (χ1v) is 13.5. The van der Waals surface area contributed by atoms with Crippen LogP contribution in [0.25, 0.3) is 21.3 Å². The Balaban J connectivity index is 1.24. The van der Waals surface area contributed by atoms with Crippen molar-refractivity contribution in [3.63, 3.8) is 0 Å². The quantitative estimate of drug-likeness (QED) is 0.349. The second-order valence-corrected chi connectivity index (χ2v) is 10.8. The van der Waals surface area contributed by atoms with Crippen LogP contribution in [0.3, 0.4) is 0 Å². The summed E-state index contributed by atoms with van der Waals surface area (Å²) in [6.45, 7) is 4.14. The molecule has 1 aliphatic heterocycles. The first-order chi connectivity index (χ1) is 17.7. The monoisotopic (exact) mass is 505 g/mol. The number of anilines is 1. The Hall–Kier alpha value is -2.92. The molecular weight excluding hydrogens is 474 g/mol. The Bertz CT molecular complexity index is 1300. The van der Waals surface area contributed by atoms with E-state index in [1.54, 1.807) is 11.3 Å². The smallest absolute Gasteiger partial charge is 0.223 e. The van der Waals surface area contributed by atoms with Gasteiger partial charge in [0.2, 0.25) is 5.95 Å². The molecule has 2 fully saturated rings. The van der Waals surface area contributed by atoms with Crippen molar-refractivity contribution in [2.24, 2.45) is 0 Å². The van der Waals surface area contributed by atoms with Crippen LogP contribution in [0.2, 0.25) is 0 Å². The van der Waals surface area contributed by atoms with E-state index in [9.17, 15) is 5.11 Å². The predicted molar refractivity (Wildman–Crippen MR) is 140 cm³/mol. The molecule has 1 aliphatic carbocycles. The molecule has 0 amide bonds. The first kappa shape index (κ1) is 23.5. The van der Waals surface area contributed by atoms with Crippen LogP contribution in [0.5, 0.6) is 0 Å². The lowest BCUT2D eigenvalue weighted by Gasteiger charge is -2.27. The number of nitrogens with one attached hydrogen (secondary N) is 2. The van der Waals surface area contributed by atoms with Crippen molar-refractivity contribution in [2.75, 3.05) is 31.6 Å². The van der Waals surface area contributed by atoms with E-state index in [-0.39, 0.29) is 6.10 Å². The van der Waals surface area contributed by atoms with Gasteiger partial charge < -0.3 is 15.2 Å².